The van der Waals surface area contributed by atoms with Crippen molar-refractivity contribution in [3.8, 4) is 17.3 Å². The lowest BCUT2D eigenvalue weighted by atomic mass is 9.95. The van der Waals surface area contributed by atoms with E-state index in [2.05, 4.69) is 43.5 Å². The number of benzene rings is 2. The molecule has 2 unspecified atom stereocenters. The molecular formula is C34H32ClFN8OS. The van der Waals surface area contributed by atoms with Gasteiger partial charge in [0.05, 0.1) is 33.0 Å². The Hall–Kier alpha value is -3.64. The SMILES string of the molecule is F[C@H]1CN2CCC[C@@]2(COc2nc(N3CC4CCC(C3)N4)c3c(n2)sc2c(-c4c5cn[nH]c5cc5cccc(Cl)c45)nccc23)C1. The molecule has 4 aromatic heterocycles. The van der Waals surface area contributed by atoms with Gasteiger partial charge in [0.25, 0.3) is 0 Å². The van der Waals surface area contributed by atoms with Gasteiger partial charge in [-0.15, -0.1) is 11.3 Å². The Morgan fingerprint density at radius 3 is 2.87 bits per heavy atom. The molecule has 0 amide bonds. The third-order valence-corrected chi connectivity index (χ3v) is 12.1. The smallest absolute Gasteiger partial charge is 0.319 e. The fourth-order valence-corrected chi connectivity index (χ4v) is 10.1. The number of ether oxygens (including phenoxy) is 1. The van der Waals surface area contributed by atoms with E-state index in [1.165, 1.54) is 12.8 Å². The van der Waals surface area contributed by atoms with E-state index < -0.39 is 6.17 Å². The molecule has 0 aliphatic carbocycles. The number of aromatic nitrogens is 5. The summed E-state index contributed by atoms with van der Waals surface area (Å²) in [6, 6.07) is 11.4. The Kier molecular flexibility index (Phi) is 6.08. The lowest BCUT2D eigenvalue weighted by Crippen LogP contribution is -2.51. The van der Waals surface area contributed by atoms with E-state index in [1.807, 2.05) is 24.5 Å². The molecule has 2 bridgehead atoms. The summed E-state index contributed by atoms with van der Waals surface area (Å²) in [6.45, 7) is 3.58. The van der Waals surface area contributed by atoms with Crippen molar-refractivity contribution in [2.75, 3.05) is 37.7 Å². The number of hydrogen-bond donors (Lipinski definition) is 2. The van der Waals surface area contributed by atoms with Crippen molar-refractivity contribution in [3.63, 3.8) is 0 Å². The first-order valence-corrected chi connectivity index (χ1v) is 17.4. The van der Waals surface area contributed by atoms with Gasteiger partial charge in [0.15, 0.2) is 0 Å². The summed E-state index contributed by atoms with van der Waals surface area (Å²) < 4.78 is 22.0. The van der Waals surface area contributed by atoms with Crippen LogP contribution in [0.3, 0.4) is 0 Å². The van der Waals surface area contributed by atoms with Crippen LogP contribution >= 0.6 is 22.9 Å². The first-order chi connectivity index (χ1) is 22.5. The van der Waals surface area contributed by atoms with E-state index in [4.69, 9.17) is 31.3 Å². The third kappa shape index (κ3) is 4.11. The van der Waals surface area contributed by atoms with Crippen LogP contribution in [0.4, 0.5) is 10.2 Å². The summed E-state index contributed by atoms with van der Waals surface area (Å²) in [5.41, 5.74) is 2.46. The van der Waals surface area contributed by atoms with Crippen molar-refractivity contribution in [1.82, 2.24) is 35.4 Å². The van der Waals surface area contributed by atoms with Gasteiger partial charge in [-0.05, 0) is 55.8 Å². The second kappa shape index (κ2) is 10.2. The van der Waals surface area contributed by atoms with Crippen molar-refractivity contribution in [2.45, 2.75) is 55.9 Å². The molecule has 0 spiro atoms. The van der Waals surface area contributed by atoms with Crippen LogP contribution in [-0.2, 0) is 0 Å². The highest BCUT2D eigenvalue weighted by atomic mass is 35.5. The number of pyridine rings is 1. The maximum absolute atomic E-state index is 14.5. The van der Waals surface area contributed by atoms with E-state index in [1.54, 1.807) is 11.3 Å². The van der Waals surface area contributed by atoms with Crippen LogP contribution in [-0.4, -0.2) is 86.6 Å². The minimum atomic E-state index is -0.808. The minimum absolute atomic E-state index is 0.271. The second-order valence-electron chi connectivity index (χ2n) is 13.5. The molecule has 4 atom stereocenters. The van der Waals surface area contributed by atoms with Gasteiger partial charge in [0, 0.05) is 71.1 Å². The average molecular weight is 655 g/mol. The van der Waals surface area contributed by atoms with Gasteiger partial charge in [-0.25, -0.2) is 4.39 Å². The highest BCUT2D eigenvalue weighted by molar-refractivity contribution is 7.26. The summed E-state index contributed by atoms with van der Waals surface area (Å²) in [6.07, 6.45) is 7.78. The summed E-state index contributed by atoms with van der Waals surface area (Å²) in [5.74, 6) is 0.904. The number of thiophene rings is 1. The highest BCUT2D eigenvalue weighted by Gasteiger charge is 2.49. The molecule has 4 aliphatic rings. The van der Waals surface area contributed by atoms with Crippen LogP contribution in [0.5, 0.6) is 6.01 Å². The van der Waals surface area contributed by atoms with Crippen LogP contribution in [0.1, 0.15) is 32.1 Å². The number of alkyl halides is 1. The number of piperazine rings is 1. The standard InChI is InChI=1S/C34H32ClFN8OS/c35-24-4-1-3-18-11-25-23(13-38-42-25)27(26(18)24)29-30-22(7-9-37-29)28-31(43-15-20-5-6-21(16-43)39-20)40-33(41-32(28)46-30)45-17-34-8-2-10-44(34)14-19(36)12-34/h1,3-4,7,9,11,13,19-21,39H,2,5-6,8,10,12,14-17H2,(H,38,42)/t19-,20?,21?,34+/m1/s1. The number of halogens is 2. The van der Waals surface area contributed by atoms with E-state index in [0.29, 0.717) is 42.7 Å². The van der Waals surface area contributed by atoms with Gasteiger partial charge >= 0.3 is 6.01 Å². The number of rotatable bonds is 5. The van der Waals surface area contributed by atoms with Crippen LogP contribution in [0.25, 0.3) is 53.2 Å². The Morgan fingerprint density at radius 2 is 1.98 bits per heavy atom. The monoisotopic (exact) mass is 654 g/mol. The number of nitrogens with one attached hydrogen (secondary N) is 2. The zero-order valence-corrected chi connectivity index (χ0v) is 26.7. The first kappa shape index (κ1) is 27.5. The highest BCUT2D eigenvalue weighted by Crippen LogP contribution is 2.47. The number of aromatic amines is 1. The molecule has 4 aliphatic heterocycles. The van der Waals surface area contributed by atoms with Crippen LogP contribution < -0.4 is 15.0 Å². The second-order valence-corrected chi connectivity index (χ2v) is 14.9. The maximum atomic E-state index is 14.5. The molecule has 0 radical (unpaired) electrons. The molecule has 0 saturated carbocycles. The molecule has 10 rings (SSSR count). The van der Waals surface area contributed by atoms with Crippen LogP contribution in [0.2, 0.25) is 5.02 Å². The topological polar surface area (TPSA) is 95.1 Å². The molecule has 4 saturated heterocycles. The van der Waals surface area contributed by atoms with Crippen molar-refractivity contribution >= 4 is 70.7 Å². The van der Waals surface area contributed by atoms with Gasteiger partial charge in [-0.1, -0.05) is 23.7 Å². The van der Waals surface area contributed by atoms with E-state index in [-0.39, 0.29) is 5.54 Å². The molecule has 4 fully saturated rings. The average Bonchev–Trinajstić information content (AvgIpc) is 3.87. The van der Waals surface area contributed by atoms with Gasteiger partial charge in [0.2, 0.25) is 0 Å². The summed E-state index contributed by atoms with van der Waals surface area (Å²) in [4.78, 5) is 20.7. The number of anilines is 1. The van der Waals surface area contributed by atoms with Crippen molar-refractivity contribution < 1.29 is 9.13 Å². The lowest BCUT2D eigenvalue weighted by Gasteiger charge is -2.34. The fourth-order valence-electron chi connectivity index (χ4n) is 8.72. The van der Waals surface area contributed by atoms with E-state index >= 15 is 0 Å². The molecule has 9 nitrogen and oxygen atoms in total. The maximum Gasteiger partial charge on any atom is 0.319 e. The number of nitrogens with zero attached hydrogens (tertiary/aromatic N) is 6. The van der Waals surface area contributed by atoms with Crippen molar-refractivity contribution in [3.05, 3.63) is 47.7 Å². The molecule has 2 N–H and O–H groups in total. The molecule has 234 valence electrons. The van der Waals surface area contributed by atoms with Gasteiger partial charge in [-0.2, -0.15) is 15.1 Å². The Morgan fingerprint density at radius 1 is 1.09 bits per heavy atom. The van der Waals surface area contributed by atoms with Crippen LogP contribution in [0, 0.1) is 0 Å². The predicted molar refractivity (Wildman–Crippen MR) is 181 cm³/mol. The summed E-state index contributed by atoms with van der Waals surface area (Å²) in [5, 5.41) is 17.0. The fraction of sp³-hybridized carbons (Fsp3) is 0.412. The molecule has 2 aromatic carbocycles. The van der Waals surface area contributed by atoms with E-state index in [0.717, 1.165) is 91.5 Å². The Balaban J connectivity index is 1.17. The van der Waals surface area contributed by atoms with Gasteiger partial charge in [0.1, 0.15) is 23.4 Å². The molecule has 12 heteroatoms. The zero-order chi connectivity index (χ0) is 30.6. The quantitative estimate of drug-likeness (QED) is 0.218. The Bertz CT molecular complexity index is 2180. The lowest BCUT2D eigenvalue weighted by molar-refractivity contribution is 0.107. The van der Waals surface area contributed by atoms with Crippen molar-refractivity contribution in [2.24, 2.45) is 0 Å². The Labute approximate surface area is 273 Å². The van der Waals surface area contributed by atoms with Crippen molar-refractivity contribution in [1.29, 1.82) is 0 Å². The molecule has 6 aromatic rings. The molecular weight excluding hydrogens is 623 g/mol. The third-order valence-electron chi connectivity index (χ3n) is 10.7. The predicted octanol–water partition coefficient (Wildman–Crippen LogP) is 6.49. The zero-order valence-electron chi connectivity index (χ0n) is 25.1. The molecule has 46 heavy (non-hydrogen) atoms. The van der Waals surface area contributed by atoms with E-state index in [9.17, 15) is 4.39 Å². The largest absolute Gasteiger partial charge is 0.461 e. The number of hydrogen-bond acceptors (Lipinski definition) is 9. The first-order valence-electron chi connectivity index (χ1n) is 16.2. The molecule has 8 heterocycles. The summed E-state index contributed by atoms with van der Waals surface area (Å²) >= 11 is 8.51. The number of fused-ring (bicyclic) bond motifs is 8. The van der Waals surface area contributed by atoms with Gasteiger partial charge in [-0.3, -0.25) is 15.0 Å². The number of H-pyrrole nitrogens is 1. The minimum Gasteiger partial charge on any atom is -0.461 e. The summed E-state index contributed by atoms with van der Waals surface area (Å²) in [7, 11) is 0. The normalized spacial score (nSPS) is 26.3. The van der Waals surface area contributed by atoms with Crippen LogP contribution in [0.15, 0.2) is 42.7 Å². The van der Waals surface area contributed by atoms with Gasteiger partial charge < -0.3 is 15.0 Å².